The maximum absolute atomic E-state index is 11.9. The van der Waals surface area contributed by atoms with Crippen molar-refractivity contribution in [2.75, 3.05) is 13.1 Å². The standard InChI is InChI=1S/C26H23BrN2O/c27-20-12-10-19(11-13-20)26-16-25(30,18-6-2-1-3-7-18)17-29(26)15-14-22-21-8-4-5-9-23(21)28-24(22)26/h1-13,28,30H,14-17H2/t25-,26+/m0/s1. The Bertz CT molecular complexity index is 1230. The minimum Gasteiger partial charge on any atom is -0.384 e. The van der Waals surface area contributed by atoms with Gasteiger partial charge in [0, 0.05) is 40.6 Å². The first-order valence-electron chi connectivity index (χ1n) is 10.5. The Morgan fingerprint density at radius 2 is 1.60 bits per heavy atom. The number of hydrogen-bond donors (Lipinski definition) is 2. The third-order valence-electron chi connectivity index (χ3n) is 7.03. The van der Waals surface area contributed by atoms with Crippen molar-refractivity contribution in [3.05, 3.63) is 106 Å². The average molecular weight is 459 g/mol. The van der Waals surface area contributed by atoms with Crippen LogP contribution in [0, 0.1) is 0 Å². The maximum atomic E-state index is 11.9. The highest BCUT2D eigenvalue weighted by Crippen LogP contribution is 2.54. The highest BCUT2D eigenvalue weighted by molar-refractivity contribution is 9.10. The highest BCUT2D eigenvalue weighted by Gasteiger charge is 2.57. The van der Waals surface area contributed by atoms with Crippen LogP contribution in [0.5, 0.6) is 0 Å². The van der Waals surface area contributed by atoms with E-state index in [1.165, 1.54) is 27.7 Å². The van der Waals surface area contributed by atoms with Gasteiger partial charge in [0.1, 0.15) is 5.60 Å². The van der Waals surface area contributed by atoms with Crippen molar-refractivity contribution >= 4 is 26.8 Å². The van der Waals surface area contributed by atoms with Crippen molar-refractivity contribution in [3.63, 3.8) is 0 Å². The maximum Gasteiger partial charge on any atom is 0.105 e. The fourth-order valence-electron chi connectivity index (χ4n) is 5.71. The molecule has 2 aliphatic heterocycles. The fraction of sp³-hybridized carbons (Fsp3) is 0.231. The molecule has 3 nitrogen and oxygen atoms in total. The predicted octanol–water partition coefficient (Wildman–Crippen LogP) is 5.32. The van der Waals surface area contributed by atoms with Gasteiger partial charge in [-0.05, 0) is 41.3 Å². The number of aromatic amines is 1. The lowest BCUT2D eigenvalue weighted by Crippen LogP contribution is -2.47. The van der Waals surface area contributed by atoms with Crippen LogP contribution in [0.2, 0.25) is 0 Å². The molecule has 3 heterocycles. The van der Waals surface area contributed by atoms with Gasteiger partial charge in [-0.1, -0.05) is 76.6 Å². The van der Waals surface area contributed by atoms with Crippen molar-refractivity contribution in [2.24, 2.45) is 0 Å². The molecule has 2 N–H and O–H groups in total. The third kappa shape index (κ3) is 2.51. The summed E-state index contributed by atoms with van der Waals surface area (Å²) < 4.78 is 1.07. The highest BCUT2D eigenvalue weighted by atomic mass is 79.9. The van der Waals surface area contributed by atoms with Crippen LogP contribution in [-0.4, -0.2) is 28.1 Å². The Hall–Kier alpha value is -2.40. The second-order valence-corrected chi connectivity index (χ2v) is 9.55. The molecule has 1 fully saturated rings. The molecule has 4 heteroatoms. The molecule has 2 atom stereocenters. The molecule has 30 heavy (non-hydrogen) atoms. The first kappa shape index (κ1) is 18.4. The van der Waals surface area contributed by atoms with Crippen molar-refractivity contribution in [3.8, 4) is 0 Å². The number of fused-ring (bicyclic) bond motifs is 5. The van der Waals surface area contributed by atoms with E-state index in [0.29, 0.717) is 13.0 Å². The minimum atomic E-state index is -0.896. The van der Waals surface area contributed by atoms with E-state index in [9.17, 15) is 5.11 Å². The summed E-state index contributed by atoms with van der Waals surface area (Å²) >= 11 is 3.59. The normalized spacial score (nSPS) is 25.9. The van der Waals surface area contributed by atoms with Gasteiger partial charge >= 0.3 is 0 Å². The number of H-pyrrole nitrogens is 1. The Balaban J connectivity index is 1.61. The van der Waals surface area contributed by atoms with Crippen LogP contribution in [0.4, 0.5) is 0 Å². The van der Waals surface area contributed by atoms with E-state index in [1.807, 2.05) is 18.2 Å². The van der Waals surface area contributed by atoms with Gasteiger partial charge in [-0.25, -0.2) is 0 Å². The number of halogens is 1. The van der Waals surface area contributed by atoms with Crippen molar-refractivity contribution < 1.29 is 5.11 Å². The summed E-state index contributed by atoms with van der Waals surface area (Å²) in [7, 11) is 0. The molecule has 0 radical (unpaired) electrons. The topological polar surface area (TPSA) is 39.3 Å². The van der Waals surface area contributed by atoms with Crippen LogP contribution in [0.15, 0.2) is 83.3 Å². The van der Waals surface area contributed by atoms with Gasteiger partial charge in [0.2, 0.25) is 0 Å². The number of aliphatic hydroxyl groups is 1. The van der Waals surface area contributed by atoms with E-state index in [2.05, 4.69) is 86.5 Å². The molecule has 0 spiro atoms. The lowest BCUT2D eigenvalue weighted by Gasteiger charge is -2.42. The Morgan fingerprint density at radius 3 is 2.40 bits per heavy atom. The smallest absolute Gasteiger partial charge is 0.105 e. The van der Waals surface area contributed by atoms with Crippen LogP contribution < -0.4 is 0 Å². The summed E-state index contributed by atoms with van der Waals surface area (Å²) in [5.41, 5.74) is 4.76. The Labute approximate surface area is 184 Å². The molecule has 3 aromatic carbocycles. The van der Waals surface area contributed by atoms with Gasteiger partial charge in [0.05, 0.1) is 5.54 Å². The first-order valence-corrected chi connectivity index (χ1v) is 11.3. The molecular weight excluding hydrogens is 436 g/mol. The largest absolute Gasteiger partial charge is 0.384 e. The zero-order valence-corrected chi connectivity index (χ0v) is 18.2. The van der Waals surface area contributed by atoms with E-state index < -0.39 is 5.60 Å². The van der Waals surface area contributed by atoms with Crippen LogP contribution in [-0.2, 0) is 17.6 Å². The second kappa shape index (κ2) is 6.55. The van der Waals surface area contributed by atoms with Crippen molar-refractivity contribution in [2.45, 2.75) is 24.0 Å². The van der Waals surface area contributed by atoms with E-state index in [4.69, 9.17) is 0 Å². The van der Waals surface area contributed by atoms with Crippen molar-refractivity contribution in [1.29, 1.82) is 0 Å². The zero-order chi connectivity index (χ0) is 20.3. The summed E-state index contributed by atoms with van der Waals surface area (Å²) in [6.45, 7) is 1.56. The van der Waals surface area contributed by atoms with Crippen molar-refractivity contribution in [1.82, 2.24) is 9.88 Å². The summed E-state index contributed by atoms with van der Waals surface area (Å²) in [4.78, 5) is 6.25. The van der Waals surface area contributed by atoms with Crippen LogP contribution in [0.1, 0.15) is 28.8 Å². The fourth-order valence-corrected chi connectivity index (χ4v) is 5.98. The summed E-state index contributed by atoms with van der Waals surface area (Å²) in [6.07, 6.45) is 1.62. The SMILES string of the molecule is O[C@]1(c2ccccc2)CN2CCc3c([nH]c4ccccc34)[C@]2(c2ccc(Br)cc2)C1. The van der Waals surface area contributed by atoms with Gasteiger partial charge in [-0.15, -0.1) is 0 Å². The van der Waals surface area contributed by atoms with Crippen LogP contribution >= 0.6 is 15.9 Å². The van der Waals surface area contributed by atoms with E-state index in [0.717, 1.165) is 23.0 Å². The van der Waals surface area contributed by atoms with Gasteiger partial charge in [0.15, 0.2) is 0 Å². The number of nitrogens with one attached hydrogen (secondary N) is 1. The molecule has 0 amide bonds. The van der Waals surface area contributed by atoms with E-state index in [1.54, 1.807) is 0 Å². The number of rotatable bonds is 2. The number of aromatic nitrogens is 1. The van der Waals surface area contributed by atoms with E-state index >= 15 is 0 Å². The second-order valence-electron chi connectivity index (χ2n) is 8.64. The van der Waals surface area contributed by atoms with E-state index in [-0.39, 0.29) is 5.54 Å². The van der Waals surface area contributed by atoms with Crippen LogP contribution in [0.25, 0.3) is 10.9 Å². The molecule has 0 unspecified atom stereocenters. The summed E-state index contributed by atoms with van der Waals surface area (Å²) in [5.74, 6) is 0. The Morgan fingerprint density at radius 1 is 0.867 bits per heavy atom. The quantitative estimate of drug-likeness (QED) is 0.426. The van der Waals surface area contributed by atoms with Gasteiger partial charge in [-0.3, -0.25) is 4.90 Å². The third-order valence-corrected chi connectivity index (χ3v) is 7.56. The van der Waals surface area contributed by atoms with Crippen LogP contribution in [0.3, 0.4) is 0 Å². The molecular formula is C26H23BrN2O. The lowest BCUT2D eigenvalue weighted by atomic mass is 9.75. The summed E-state index contributed by atoms with van der Waals surface area (Å²) in [5, 5.41) is 13.2. The average Bonchev–Trinajstić information content (AvgIpc) is 3.31. The molecule has 150 valence electrons. The molecule has 2 aliphatic rings. The van der Waals surface area contributed by atoms with Gasteiger partial charge < -0.3 is 10.1 Å². The number of para-hydroxylation sites is 1. The Kier molecular flexibility index (Phi) is 4.01. The monoisotopic (exact) mass is 458 g/mol. The summed E-state index contributed by atoms with van der Waals surface area (Å²) in [6, 6.07) is 27.4. The molecule has 1 aromatic heterocycles. The molecule has 1 saturated heterocycles. The van der Waals surface area contributed by atoms with Gasteiger partial charge in [-0.2, -0.15) is 0 Å². The molecule has 0 saturated carbocycles. The number of benzene rings is 3. The first-order chi connectivity index (χ1) is 14.6. The molecule has 0 aliphatic carbocycles. The molecule has 6 rings (SSSR count). The minimum absolute atomic E-state index is 0.377. The number of hydrogen-bond acceptors (Lipinski definition) is 2. The van der Waals surface area contributed by atoms with Gasteiger partial charge in [0.25, 0.3) is 0 Å². The molecule has 0 bridgehead atoms. The molecule has 4 aromatic rings. The predicted molar refractivity (Wildman–Crippen MR) is 123 cm³/mol. The zero-order valence-electron chi connectivity index (χ0n) is 16.6. The number of nitrogens with zero attached hydrogens (tertiary/aromatic N) is 1. The lowest BCUT2D eigenvalue weighted by molar-refractivity contribution is 0.0461.